The highest BCUT2D eigenvalue weighted by atomic mass is 19.1. The van der Waals surface area contributed by atoms with Crippen molar-refractivity contribution in [3.63, 3.8) is 0 Å². The molecule has 3 nitrogen and oxygen atoms in total. The highest BCUT2D eigenvalue weighted by molar-refractivity contribution is 5.94. The van der Waals surface area contributed by atoms with Crippen LogP contribution >= 0.6 is 0 Å². The molecule has 0 aliphatic rings. The second-order valence-corrected chi connectivity index (χ2v) is 4.86. The summed E-state index contributed by atoms with van der Waals surface area (Å²) in [6.07, 6.45) is 0.747. The van der Waals surface area contributed by atoms with Gasteiger partial charge in [-0.1, -0.05) is 30.3 Å². The maximum atomic E-state index is 13.8. The normalized spacial score (nSPS) is 10.4. The maximum Gasteiger partial charge on any atom is 0.256 e. The van der Waals surface area contributed by atoms with Crippen LogP contribution in [-0.4, -0.2) is 23.9 Å². The van der Waals surface area contributed by atoms with Crippen molar-refractivity contribution in [3.05, 3.63) is 65.5 Å². The lowest BCUT2D eigenvalue weighted by Gasteiger charge is -2.21. The van der Waals surface area contributed by atoms with Crippen molar-refractivity contribution in [2.75, 3.05) is 18.8 Å². The van der Waals surface area contributed by atoms with Crippen LogP contribution in [0, 0.1) is 5.82 Å². The van der Waals surface area contributed by atoms with Gasteiger partial charge in [0.15, 0.2) is 0 Å². The Labute approximate surface area is 124 Å². The van der Waals surface area contributed by atoms with Gasteiger partial charge in [-0.25, -0.2) is 4.39 Å². The number of nitrogen functional groups attached to an aromatic ring is 1. The van der Waals surface area contributed by atoms with Crippen LogP contribution in [0.1, 0.15) is 22.8 Å². The van der Waals surface area contributed by atoms with Crippen LogP contribution < -0.4 is 5.73 Å². The van der Waals surface area contributed by atoms with Gasteiger partial charge in [0.1, 0.15) is 5.82 Å². The Bertz CT molecular complexity index is 613. The van der Waals surface area contributed by atoms with Crippen LogP contribution in [0.15, 0.2) is 48.5 Å². The zero-order valence-electron chi connectivity index (χ0n) is 12.1. The minimum atomic E-state index is -0.571. The fourth-order valence-electron chi connectivity index (χ4n) is 2.19. The van der Waals surface area contributed by atoms with Gasteiger partial charge in [0.2, 0.25) is 0 Å². The van der Waals surface area contributed by atoms with Crippen LogP contribution in [0.3, 0.4) is 0 Å². The summed E-state index contributed by atoms with van der Waals surface area (Å²) in [4.78, 5) is 14.0. The summed E-state index contributed by atoms with van der Waals surface area (Å²) in [5.74, 6) is -0.871. The molecule has 0 atom stereocenters. The van der Waals surface area contributed by atoms with Crippen molar-refractivity contribution >= 4 is 11.6 Å². The Morgan fingerprint density at radius 3 is 2.52 bits per heavy atom. The molecular weight excluding hydrogens is 267 g/mol. The molecule has 0 heterocycles. The van der Waals surface area contributed by atoms with Gasteiger partial charge < -0.3 is 10.6 Å². The minimum Gasteiger partial charge on any atom is -0.399 e. The van der Waals surface area contributed by atoms with Crippen molar-refractivity contribution in [2.24, 2.45) is 0 Å². The molecule has 0 aromatic heterocycles. The molecule has 0 radical (unpaired) electrons. The molecule has 0 aliphatic heterocycles. The molecule has 0 bridgehead atoms. The number of amides is 1. The van der Waals surface area contributed by atoms with Crippen molar-refractivity contribution < 1.29 is 9.18 Å². The SMILES string of the molecule is CCN(CCc1ccccc1)C(=O)c1ccc(N)cc1F. The lowest BCUT2D eigenvalue weighted by molar-refractivity contribution is 0.0761. The summed E-state index contributed by atoms with van der Waals surface area (Å²) in [5.41, 5.74) is 7.04. The number of hydrogen-bond donors (Lipinski definition) is 1. The van der Waals surface area contributed by atoms with Crippen LogP contribution in [0.5, 0.6) is 0 Å². The fraction of sp³-hybridized carbons (Fsp3) is 0.235. The van der Waals surface area contributed by atoms with E-state index in [1.807, 2.05) is 37.3 Å². The molecule has 110 valence electrons. The summed E-state index contributed by atoms with van der Waals surface area (Å²) in [6, 6.07) is 14.1. The number of halogens is 1. The Morgan fingerprint density at radius 1 is 1.19 bits per heavy atom. The predicted octanol–water partition coefficient (Wildman–Crippen LogP) is 3.11. The van der Waals surface area contributed by atoms with Crippen LogP contribution in [0.25, 0.3) is 0 Å². The third-order valence-electron chi connectivity index (χ3n) is 3.41. The molecule has 4 heteroatoms. The molecule has 21 heavy (non-hydrogen) atoms. The molecule has 0 saturated heterocycles. The molecular formula is C17H19FN2O. The fourth-order valence-corrected chi connectivity index (χ4v) is 2.19. The topological polar surface area (TPSA) is 46.3 Å². The summed E-state index contributed by atoms with van der Waals surface area (Å²) < 4.78 is 13.8. The van der Waals surface area contributed by atoms with Gasteiger partial charge in [-0.05, 0) is 37.1 Å². The second-order valence-electron chi connectivity index (χ2n) is 4.86. The van der Waals surface area contributed by atoms with E-state index in [1.165, 1.54) is 12.1 Å². The number of anilines is 1. The van der Waals surface area contributed by atoms with Crippen LogP contribution in [0.4, 0.5) is 10.1 Å². The van der Waals surface area contributed by atoms with Gasteiger partial charge in [-0.15, -0.1) is 0 Å². The average molecular weight is 286 g/mol. The molecule has 2 N–H and O–H groups in total. The number of rotatable bonds is 5. The minimum absolute atomic E-state index is 0.0686. The number of carbonyl (C=O) groups is 1. The van der Waals surface area contributed by atoms with E-state index in [9.17, 15) is 9.18 Å². The Balaban J connectivity index is 2.08. The Hall–Kier alpha value is -2.36. The molecule has 1 amide bonds. The smallest absolute Gasteiger partial charge is 0.256 e. The zero-order valence-corrected chi connectivity index (χ0v) is 12.1. The first-order chi connectivity index (χ1) is 10.1. The molecule has 0 fully saturated rings. The van der Waals surface area contributed by atoms with E-state index in [2.05, 4.69) is 0 Å². The number of carbonyl (C=O) groups excluding carboxylic acids is 1. The van der Waals surface area contributed by atoms with Gasteiger partial charge in [-0.3, -0.25) is 4.79 Å². The molecule has 0 unspecified atom stereocenters. The summed E-state index contributed by atoms with van der Waals surface area (Å²) >= 11 is 0. The number of benzene rings is 2. The third kappa shape index (κ3) is 3.81. The van der Waals surface area contributed by atoms with Crippen molar-refractivity contribution in [1.82, 2.24) is 4.90 Å². The van der Waals surface area contributed by atoms with E-state index < -0.39 is 5.82 Å². The van der Waals surface area contributed by atoms with E-state index in [1.54, 1.807) is 11.0 Å². The zero-order chi connectivity index (χ0) is 15.2. The summed E-state index contributed by atoms with van der Waals surface area (Å²) in [5, 5.41) is 0. The van der Waals surface area contributed by atoms with Gasteiger partial charge in [0.25, 0.3) is 5.91 Å². The van der Waals surface area contributed by atoms with Crippen molar-refractivity contribution in [2.45, 2.75) is 13.3 Å². The molecule has 0 saturated carbocycles. The van der Waals surface area contributed by atoms with Gasteiger partial charge >= 0.3 is 0 Å². The highest BCUT2D eigenvalue weighted by Gasteiger charge is 2.17. The van der Waals surface area contributed by atoms with E-state index in [0.717, 1.165) is 12.0 Å². The summed E-state index contributed by atoms with van der Waals surface area (Å²) in [6.45, 7) is 2.98. The van der Waals surface area contributed by atoms with Gasteiger partial charge in [0, 0.05) is 18.8 Å². The highest BCUT2D eigenvalue weighted by Crippen LogP contribution is 2.14. The quantitative estimate of drug-likeness (QED) is 0.858. The largest absolute Gasteiger partial charge is 0.399 e. The standard InChI is InChI=1S/C17H19FN2O/c1-2-20(11-10-13-6-4-3-5-7-13)17(21)15-9-8-14(19)12-16(15)18/h3-9,12H,2,10-11,19H2,1H3. The Morgan fingerprint density at radius 2 is 1.90 bits per heavy atom. The lowest BCUT2D eigenvalue weighted by Crippen LogP contribution is -2.33. The van der Waals surface area contributed by atoms with Crippen LogP contribution in [-0.2, 0) is 6.42 Å². The second kappa shape index (κ2) is 6.88. The number of likely N-dealkylation sites (N-methyl/N-ethyl adjacent to an activating group) is 1. The van der Waals surface area contributed by atoms with Gasteiger partial charge in [-0.2, -0.15) is 0 Å². The Kier molecular flexibility index (Phi) is 4.93. The molecule has 2 rings (SSSR count). The van der Waals surface area contributed by atoms with Crippen molar-refractivity contribution in [3.8, 4) is 0 Å². The summed E-state index contributed by atoms with van der Waals surface area (Å²) in [7, 11) is 0. The van der Waals surface area contributed by atoms with E-state index >= 15 is 0 Å². The van der Waals surface area contributed by atoms with E-state index in [4.69, 9.17) is 5.73 Å². The number of nitrogens with zero attached hydrogens (tertiary/aromatic N) is 1. The first-order valence-electron chi connectivity index (χ1n) is 7.00. The monoisotopic (exact) mass is 286 g/mol. The third-order valence-corrected chi connectivity index (χ3v) is 3.41. The molecule has 2 aromatic carbocycles. The first kappa shape index (κ1) is 15.0. The maximum absolute atomic E-state index is 13.8. The van der Waals surface area contributed by atoms with E-state index in [-0.39, 0.29) is 11.5 Å². The first-order valence-corrected chi connectivity index (χ1v) is 7.00. The van der Waals surface area contributed by atoms with E-state index in [0.29, 0.717) is 18.8 Å². The molecule has 2 aromatic rings. The van der Waals surface area contributed by atoms with Crippen LogP contribution in [0.2, 0.25) is 0 Å². The van der Waals surface area contributed by atoms with Crippen molar-refractivity contribution in [1.29, 1.82) is 0 Å². The van der Waals surface area contributed by atoms with Gasteiger partial charge in [0.05, 0.1) is 5.56 Å². The predicted molar refractivity (Wildman–Crippen MR) is 82.5 cm³/mol. The lowest BCUT2D eigenvalue weighted by atomic mass is 10.1. The number of hydrogen-bond acceptors (Lipinski definition) is 2. The molecule has 0 aliphatic carbocycles. The average Bonchev–Trinajstić information content (AvgIpc) is 2.48. The number of nitrogens with two attached hydrogens (primary N) is 1. The molecule has 0 spiro atoms.